The maximum atomic E-state index is 14.7. The van der Waals surface area contributed by atoms with Gasteiger partial charge < -0.3 is 0 Å². The predicted molar refractivity (Wildman–Crippen MR) is 106 cm³/mol. The molecule has 1 aromatic rings. The molecule has 0 N–H and O–H groups in total. The van der Waals surface area contributed by atoms with Gasteiger partial charge in [0, 0.05) is 0 Å². The molecule has 46 heavy (non-hydrogen) atoms. The van der Waals surface area contributed by atoms with E-state index in [1.807, 2.05) is 0 Å². The van der Waals surface area contributed by atoms with Crippen molar-refractivity contribution in [3.8, 4) is 0 Å². The maximum absolute atomic E-state index is 14.7. The molecule has 0 aliphatic carbocycles. The fraction of sp³-hybridized carbons (Fsp3) is 0.647. The minimum atomic E-state index is -9.48. The first kappa shape index (κ1) is 42.2. The van der Waals surface area contributed by atoms with Gasteiger partial charge in [0.05, 0.1) is 0 Å². The van der Waals surface area contributed by atoms with E-state index in [9.17, 15) is 114 Å². The fourth-order valence-electron chi connectivity index (χ4n) is 2.51. The van der Waals surface area contributed by atoms with Crippen LogP contribution in [0.3, 0.4) is 0 Å². The summed E-state index contributed by atoms with van der Waals surface area (Å²) in [5, 5.41) is 0. The van der Waals surface area contributed by atoms with Gasteiger partial charge in [0.15, 0.2) is 0 Å². The van der Waals surface area contributed by atoms with E-state index in [4.69, 9.17) is 0 Å². The number of rotatable bonds is 12. The normalized spacial score (nSPS) is 16.5. The number of benzene rings is 1. The zero-order valence-electron chi connectivity index (χ0n) is 20.0. The van der Waals surface area contributed by atoms with Crippen LogP contribution in [0.2, 0.25) is 0 Å². The van der Waals surface area contributed by atoms with Gasteiger partial charge in [-0.3, -0.25) is 0 Å². The Balaban J connectivity index is 4.00. The quantitative estimate of drug-likeness (QED) is 0.0911. The summed E-state index contributed by atoms with van der Waals surface area (Å²) in [6.45, 7) is 0. The summed E-state index contributed by atoms with van der Waals surface area (Å²) in [7, 11) is -7.67. The number of hydrogen-bond donors (Lipinski definition) is 0. The van der Waals surface area contributed by atoms with Crippen LogP contribution in [0.5, 0.6) is 0 Å². The third kappa shape index (κ3) is 5.79. The summed E-state index contributed by atoms with van der Waals surface area (Å²) in [5.41, 5.74) is -6.93. The summed E-state index contributed by atoms with van der Waals surface area (Å²) in [6.07, 6.45) is -8.15. The molecule has 0 amide bonds. The van der Waals surface area contributed by atoms with Gasteiger partial charge in [0.25, 0.3) is 0 Å². The Kier molecular flexibility index (Phi) is 10.4. The van der Waals surface area contributed by atoms with E-state index in [2.05, 4.69) is 2.51 Å². The molecule has 0 aliphatic heterocycles. The third-order valence-electron chi connectivity index (χ3n) is 5.05. The van der Waals surface area contributed by atoms with Crippen LogP contribution in [0.4, 0.5) is 105 Å². The molecule has 29 heteroatoms. The molecule has 0 saturated heterocycles. The van der Waals surface area contributed by atoms with Crippen LogP contribution >= 0.6 is 20.2 Å². The van der Waals surface area contributed by atoms with Gasteiger partial charge in [-0.2, -0.15) is 0 Å². The monoisotopic (exact) mass is 872 g/mol. The molecule has 0 heterocycles. The zero-order valence-corrected chi connectivity index (χ0v) is 22.9. The van der Waals surface area contributed by atoms with Crippen molar-refractivity contribution >= 4 is 30.4 Å². The molecule has 0 atom stereocenters. The van der Waals surface area contributed by atoms with Crippen LogP contribution in [-0.2, 0) is 12.6 Å². The van der Waals surface area contributed by atoms with Crippen LogP contribution in [0.15, 0.2) is 30.3 Å². The molecule has 0 bridgehead atoms. The number of hydrogen-bond acceptors (Lipinski definition) is 3. The van der Waals surface area contributed by atoms with Gasteiger partial charge in [-0.1, -0.05) is 0 Å². The molecule has 0 spiro atoms. The first-order valence-corrected chi connectivity index (χ1v) is 14.4. The van der Waals surface area contributed by atoms with E-state index in [1.54, 1.807) is 0 Å². The summed E-state index contributed by atoms with van der Waals surface area (Å²) in [6, 6.07) is 0.943. The van der Waals surface area contributed by atoms with Crippen molar-refractivity contribution in [3.63, 3.8) is 0 Å². The van der Waals surface area contributed by atoms with Crippen molar-refractivity contribution < 1.29 is 116 Å². The average Bonchev–Trinajstić information content (AvgIpc) is 2.85. The van der Waals surface area contributed by atoms with E-state index in [-0.39, 0.29) is 12.1 Å². The molecule has 0 fully saturated rings. The van der Waals surface area contributed by atoms with E-state index in [1.165, 1.54) is 0 Å². The van der Waals surface area contributed by atoms with Crippen LogP contribution in [0.1, 0.15) is 0 Å². The fourth-order valence-corrected chi connectivity index (χ4v) is 9.03. The standard InChI is InChI=1S/C17H5F24IO3S/c18-7(19,9(22,23)11(26,27)13(30,31)15(34,35)36)8(20,21)10(24,25)12(28,29)14(32,33)16(37,38)42(6-4-2-1-3-5-6)45-46(43,44)17(39,40)41/h1-5H. The Morgan fingerprint density at radius 2 is 0.717 bits per heavy atom. The van der Waals surface area contributed by atoms with E-state index >= 15 is 0 Å². The van der Waals surface area contributed by atoms with Gasteiger partial charge in [-0.05, 0) is 0 Å². The summed E-state index contributed by atoms with van der Waals surface area (Å²) in [5.74, 6) is -73.2. The average molecular weight is 872 g/mol. The van der Waals surface area contributed by atoms with Gasteiger partial charge >= 0.3 is 244 Å². The Hall–Kier alpha value is -1.82. The first-order valence-electron chi connectivity index (χ1n) is 9.93. The van der Waals surface area contributed by atoms with Crippen molar-refractivity contribution in [3.05, 3.63) is 33.9 Å². The van der Waals surface area contributed by atoms with Crippen molar-refractivity contribution in [2.75, 3.05) is 0 Å². The Bertz CT molecular complexity index is 1350. The molecular formula is C17H5F24IO3S. The summed E-state index contributed by atoms with van der Waals surface area (Å²) in [4.78, 5) is 0. The Morgan fingerprint density at radius 1 is 0.435 bits per heavy atom. The van der Waals surface area contributed by atoms with Crippen LogP contribution in [0.25, 0.3) is 0 Å². The molecule has 3 nitrogen and oxygen atoms in total. The second kappa shape index (κ2) is 11.4. The molecule has 272 valence electrons. The van der Waals surface area contributed by atoms with Crippen molar-refractivity contribution in [1.82, 2.24) is 0 Å². The SMILES string of the molecule is O=S(=O)(OI(c1ccccc1)C(F)(F)C(F)(F)C(F)(F)C(F)(F)C(F)(F)C(F)(F)C(F)(F)C(F)(F)C(F)(F)C(F)(F)F)C(F)(F)F. The van der Waals surface area contributed by atoms with Crippen molar-refractivity contribution in [2.45, 2.75) is 63.0 Å². The molecular weight excluding hydrogens is 867 g/mol. The predicted octanol–water partition coefficient (Wildman–Crippen LogP) is 9.38. The van der Waals surface area contributed by atoms with Gasteiger partial charge in [0.2, 0.25) is 0 Å². The molecule has 0 aromatic heterocycles. The van der Waals surface area contributed by atoms with Crippen LogP contribution in [0, 0.1) is 3.57 Å². The third-order valence-corrected chi connectivity index (χ3v) is 12.2. The summed E-state index contributed by atoms with van der Waals surface area (Å²) >= 11 is -7.40. The Morgan fingerprint density at radius 3 is 1.00 bits per heavy atom. The van der Waals surface area contributed by atoms with Crippen molar-refractivity contribution in [1.29, 1.82) is 0 Å². The molecule has 0 unspecified atom stereocenters. The van der Waals surface area contributed by atoms with Gasteiger partial charge in [-0.25, -0.2) is 0 Å². The molecule has 0 aliphatic rings. The zero-order chi connectivity index (χ0) is 37.4. The van der Waals surface area contributed by atoms with Crippen molar-refractivity contribution in [2.24, 2.45) is 0 Å². The molecule has 1 aromatic carbocycles. The molecule has 0 saturated carbocycles. The summed E-state index contributed by atoms with van der Waals surface area (Å²) < 4.78 is 339. The van der Waals surface area contributed by atoms with Gasteiger partial charge in [-0.15, -0.1) is 0 Å². The first-order chi connectivity index (χ1) is 19.7. The second-order valence-corrected chi connectivity index (χ2v) is 14.7. The molecule has 1 rings (SSSR count). The molecule has 0 radical (unpaired) electrons. The van der Waals surface area contributed by atoms with Crippen LogP contribution in [-0.4, -0.2) is 71.4 Å². The number of halogens is 25. The minimum absolute atomic E-state index is 0.150. The van der Waals surface area contributed by atoms with E-state index in [0.717, 1.165) is 0 Å². The van der Waals surface area contributed by atoms with E-state index < -0.39 is 96.9 Å². The van der Waals surface area contributed by atoms with Crippen LogP contribution < -0.4 is 0 Å². The Labute approximate surface area is 243 Å². The second-order valence-electron chi connectivity index (χ2n) is 8.10. The van der Waals surface area contributed by atoms with Gasteiger partial charge in [0.1, 0.15) is 0 Å². The number of alkyl halides is 25. The van der Waals surface area contributed by atoms with E-state index in [0.29, 0.717) is 18.2 Å². The topological polar surface area (TPSA) is 43.4 Å².